The molecule has 0 spiro atoms. The molecule has 0 aliphatic carbocycles. The van der Waals surface area contributed by atoms with Crippen LogP contribution in [0.4, 0.5) is 4.79 Å². The van der Waals surface area contributed by atoms with Crippen LogP contribution in [0.3, 0.4) is 0 Å². The second-order valence-electron chi connectivity index (χ2n) is 9.10. The third-order valence-electron chi connectivity index (χ3n) is 6.19. The molecule has 3 N–H and O–H groups in total. The molecular formula is C29H34N3O5P. The fourth-order valence-electron chi connectivity index (χ4n) is 4.19. The van der Waals surface area contributed by atoms with Crippen molar-refractivity contribution in [3.8, 4) is 0 Å². The molecule has 0 saturated heterocycles. The molecule has 38 heavy (non-hydrogen) atoms. The maximum Gasteiger partial charge on any atom is 0.348 e. The van der Waals surface area contributed by atoms with E-state index < -0.39 is 19.6 Å². The van der Waals surface area contributed by atoms with Gasteiger partial charge in [0.25, 0.3) is 0 Å². The number of benzene rings is 3. The van der Waals surface area contributed by atoms with Crippen molar-refractivity contribution in [3.63, 3.8) is 0 Å². The lowest BCUT2D eigenvalue weighted by Crippen LogP contribution is -2.49. The molecule has 9 heteroatoms. The van der Waals surface area contributed by atoms with Gasteiger partial charge in [0.15, 0.2) is 0 Å². The van der Waals surface area contributed by atoms with Crippen molar-refractivity contribution in [2.45, 2.75) is 24.9 Å². The number of nitrogens with one attached hydrogen (secondary N) is 1. The molecule has 0 aliphatic heterocycles. The highest BCUT2D eigenvalue weighted by molar-refractivity contribution is 7.55. The molecule has 3 aromatic carbocycles. The molecular weight excluding hydrogens is 501 g/mol. The Hall–Kier alpha value is -3.71. The van der Waals surface area contributed by atoms with Gasteiger partial charge in [-0.3, -0.25) is 9.36 Å². The van der Waals surface area contributed by atoms with E-state index in [0.717, 1.165) is 22.5 Å². The normalized spacial score (nSPS) is 12.3. The first-order valence-electron chi connectivity index (χ1n) is 12.3. The van der Waals surface area contributed by atoms with E-state index in [2.05, 4.69) is 5.32 Å². The van der Waals surface area contributed by atoms with Gasteiger partial charge in [0.2, 0.25) is 5.91 Å². The summed E-state index contributed by atoms with van der Waals surface area (Å²) in [6.45, 7) is 0.493. The van der Waals surface area contributed by atoms with E-state index in [1.165, 1.54) is 11.0 Å². The summed E-state index contributed by atoms with van der Waals surface area (Å²) < 4.78 is 11.3. The topological polar surface area (TPSA) is 110 Å². The molecule has 0 unspecified atom stereocenters. The predicted octanol–water partition coefficient (Wildman–Crippen LogP) is 4.57. The molecule has 1 atom stereocenters. The lowest BCUT2D eigenvalue weighted by Gasteiger charge is -2.32. The first-order chi connectivity index (χ1) is 18.2. The number of urea groups is 1. The minimum Gasteiger partial charge on any atom is -0.353 e. The molecule has 0 bridgehead atoms. The largest absolute Gasteiger partial charge is 0.353 e. The van der Waals surface area contributed by atoms with Crippen LogP contribution in [0.15, 0.2) is 103 Å². The molecule has 0 aromatic heterocycles. The van der Waals surface area contributed by atoms with E-state index >= 15 is 0 Å². The van der Waals surface area contributed by atoms with Crippen LogP contribution < -0.4 is 5.32 Å². The van der Waals surface area contributed by atoms with Crippen molar-refractivity contribution in [1.82, 2.24) is 15.1 Å². The van der Waals surface area contributed by atoms with Gasteiger partial charge in [-0.05, 0) is 23.1 Å². The Morgan fingerprint density at radius 1 is 0.868 bits per heavy atom. The molecule has 0 heterocycles. The van der Waals surface area contributed by atoms with Gasteiger partial charge in [0.05, 0.1) is 12.0 Å². The second kappa shape index (κ2) is 13.7. The Bertz CT molecular complexity index is 1210. The second-order valence-corrected chi connectivity index (χ2v) is 10.6. The van der Waals surface area contributed by atoms with Gasteiger partial charge in [-0.15, -0.1) is 0 Å². The van der Waals surface area contributed by atoms with Crippen LogP contribution in [0.1, 0.15) is 29.0 Å². The number of amides is 3. The summed E-state index contributed by atoms with van der Waals surface area (Å²) >= 11 is 0. The molecule has 0 fully saturated rings. The highest BCUT2D eigenvalue weighted by Gasteiger charge is 2.26. The van der Waals surface area contributed by atoms with E-state index in [9.17, 15) is 23.9 Å². The number of carbonyl (C=O) groups excluding carboxylic acids is 2. The quantitative estimate of drug-likeness (QED) is 0.312. The number of likely N-dealkylation sites (N-methyl/N-ethyl adjacent to an activating group) is 1. The predicted molar refractivity (Wildman–Crippen MR) is 148 cm³/mol. The van der Waals surface area contributed by atoms with E-state index in [4.69, 9.17) is 0 Å². The Labute approximate surface area is 223 Å². The fourth-order valence-corrected chi connectivity index (χ4v) is 4.59. The number of hydrogen-bond donors (Lipinski definition) is 3. The summed E-state index contributed by atoms with van der Waals surface area (Å²) in [6.07, 6.45) is 1.50. The average molecular weight is 536 g/mol. The lowest BCUT2D eigenvalue weighted by atomic mass is 9.90. The molecule has 0 radical (unpaired) electrons. The number of carbonyl (C=O) groups is 2. The van der Waals surface area contributed by atoms with Crippen LogP contribution in [0.25, 0.3) is 0 Å². The zero-order chi connectivity index (χ0) is 27.5. The van der Waals surface area contributed by atoms with Crippen LogP contribution >= 0.6 is 7.60 Å². The third-order valence-corrected chi connectivity index (χ3v) is 6.79. The van der Waals surface area contributed by atoms with Gasteiger partial charge >= 0.3 is 13.6 Å². The SMILES string of the molecule is CN(Cc1ccccc1)C(=O)N(C)[C@@H](C/C=C/P(=O)(O)O)CNC(=O)C(c1ccccc1)c1ccccc1. The Morgan fingerprint density at radius 3 is 1.87 bits per heavy atom. The highest BCUT2D eigenvalue weighted by Crippen LogP contribution is 2.36. The highest BCUT2D eigenvalue weighted by atomic mass is 31.2. The Kier molecular flexibility index (Phi) is 10.4. The van der Waals surface area contributed by atoms with E-state index in [0.29, 0.717) is 6.54 Å². The summed E-state index contributed by atoms with van der Waals surface area (Å²) in [7, 11) is -1.05. The summed E-state index contributed by atoms with van der Waals surface area (Å²) in [6, 6.07) is 27.6. The van der Waals surface area contributed by atoms with E-state index in [1.807, 2.05) is 91.0 Å². The first kappa shape index (κ1) is 28.9. The van der Waals surface area contributed by atoms with Crippen molar-refractivity contribution in [1.29, 1.82) is 0 Å². The summed E-state index contributed by atoms with van der Waals surface area (Å²) in [5.74, 6) is 0.0419. The standard InChI is InChI=1S/C29H34N3O5P/c1-31(22-23-13-6-3-7-14-23)29(34)32(2)26(19-12-20-38(35,36)37)21-30-28(33)27(24-15-8-4-9-16-24)25-17-10-5-11-18-25/h3-18,20,26-27H,19,21-22H2,1-2H3,(H,30,33)(H2,35,36,37)/b20-12+/t26-/m0/s1. The third kappa shape index (κ3) is 8.70. The smallest absolute Gasteiger partial charge is 0.348 e. The maximum absolute atomic E-state index is 13.5. The molecule has 200 valence electrons. The zero-order valence-corrected chi connectivity index (χ0v) is 22.4. The molecule has 3 aromatic rings. The Morgan fingerprint density at radius 2 is 1.37 bits per heavy atom. The van der Waals surface area contributed by atoms with Crippen molar-refractivity contribution in [2.75, 3.05) is 20.6 Å². The molecule has 3 rings (SSSR count). The van der Waals surface area contributed by atoms with Gasteiger partial charge in [-0.1, -0.05) is 97.1 Å². The van der Waals surface area contributed by atoms with Crippen LogP contribution in [-0.2, 0) is 15.9 Å². The number of nitrogens with zero attached hydrogens (tertiary/aromatic N) is 2. The van der Waals surface area contributed by atoms with E-state index in [-0.39, 0.29) is 24.9 Å². The van der Waals surface area contributed by atoms with E-state index in [1.54, 1.807) is 19.0 Å². The molecule has 0 saturated carbocycles. The first-order valence-corrected chi connectivity index (χ1v) is 14.0. The van der Waals surface area contributed by atoms with Gasteiger partial charge in [0, 0.05) is 33.0 Å². The van der Waals surface area contributed by atoms with Crippen molar-refractivity contribution in [2.24, 2.45) is 0 Å². The fraction of sp³-hybridized carbons (Fsp3) is 0.241. The lowest BCUT2D eigenvalue weighted by molar-refractivity contribution is -0.121. The van der Waals surface area contributed by atoms with Crippen LogP contribution in [-0.4, -0.2) is 58.2 Å². The van der Waals surface area contributed by atoms with Crippen molar-refractivity contribution in [3.05, 3.63) is 120 Å². The molecule has 0 aliphatic rings. The minimum atomic E-state index is -4.36. The summed E-state index contributed by atoms with van der Waals surface area (Å²) in [5, 5.41) is 2.97. The van der Waals surface area contributed by atoms with Gasteiger partial charge in [-0.2, -0.15) is 0 Å². The summed E-state index contributed by atoms with van der Waals surface area (Å²) in [5.41, 5.74) is 2.64. The van der Waals surface area contributed by atoms with Crippen molar-refractivity contribution >= 4 is 19.5 Å². The van der Waals surface area contributed by atoms with Crippen LogP contribution in [0.2, 0.25) is 0 Å². The maximum atomic E-state index is 13.5. The minimum absolute atomic E-state index is 0.0991. The monoisotopic (exact) mass is 535 g/mol. The van der Waals surface area contributed by atoms with Gasteiger partial charge < -0.3 is 24.9 Å². The van der Waals surface area contributed by atoms with Crippen LogP contribution in [0.5, 0.6) is 0 Å². The zero-order valence-electron chi connectivity index (χ0n) is 21.6. The molecule has 3 amide bonds. The summed E-state index contributed by atoms with van der Waals surface area (Å²) in [4.78, 5) is 48.2. The van der Waals surface area contributed by atoms with Gasteiger partial charge in [-0.25, -0.2) is 4.79 Å². The average Bonchev–Trinajstić information content (AvgIpc) is 2.91. The Balaban J connectivity index is 1.77. The van der Waals surface area contributed by atoms with Gasteiger partial charge in [0.1, 0.15) is 0 Å². The van der Waals surface area contributed by atoms with Crippen molar-refractivity contribution < 1.29 is 23.9 Å². The molecule has 8 nitrogen and oxygen atoms in total. The number of rotatable bonds is 11. The number of hydrogen-bond acceptors (Lipinski definition) is 3. The van der Waals surface area contributed by atoms with Crippen LogP contribution in [0, 0.1) is 0 Å².